The van der Waals surface area contributed by atoms with Crippen molar-refractivity contribution in [2.24, 2.45) is 0 Å². The van der Waals surface area contributed by atoms with Gasteiger partial charge in [0.1, 0.15) is 5.69 Å². The van der Waals surface area contributed by atoms with E-state index in [9.17, 15) is 9.59 Å². The highest BCUT2D eigenvalue weighted by Gasteiger charge is 2.18. The second kappa shape index (κ2) is 5.32. The smallest absolute Gasteiger partial charge is 0.337 e. The summed E-state index contributed by atoms with van der Waals surface area (Å²) in [6.07, 6.45) is 2.77. The van der Waals surface area contributed by atoms with Gasteiger partial charge >= 0.3 is 5.97 Å². The van der Waals surface area contributed by atoms with Crippen molar-refractivity contribution in [1.29, 1.82) is 0 Å². The van der Waals surface area contributed by atoms with Crippen molar-refractivity contribution in [3.63, 3.8) is 0 Å². The normalized spacial score (nSPS) is 14.2. The van der Waals surface area contributed by atoms with E-state index in [0.717, 1.165) is 13.0 Å². The van der Waals surface area contributed by atoms with Crippen LogP contribution in [0.4, 0.5) is 0 Å². The molecule has 0 spiro atoms. The van der Waals surface area contributed by atoms with Crippen LogP contribution in [0.5, 0.6) is 0 Å². The lowest BCUT2D eigenvalue weighted by atomic mass is 10.2. The van der Waals surface area contributed by atoms with Crippen LogP contribution in [-0.4, -0.2) is 40.0 Å². The third kappa shape index (κ3) is 2.86. The molecule has 0 atom stereocenters. The van der Waals surface area contributed by atoms with Crippen LogP contribution in [0.1, 0.15) is 28.9 Å². The van der Waals surface area contributed by atoms with E-state index < -0.39 is 5.97 Å². The number of hydrogen-bond donors (Lipinski definition) is 1. The maximum atomic E-state index is 11.3. The van der Waals surface area contributed by atoms with Crippen LogP contribution in [0.15, 0.2) is 18.3 Å². The first-order chi connectivity index (χ1) is 8.66. The molecule has 2 rings (SSSR count). The number of amides is 1. The number of carbonyl (C=O) groups is 2. The minimum atomic E-state index is -1.01. The molecule has 1 aliphatic rings. The van der Waals surface area contributed by atoms with Gasteiger partial charge in [0.2, 0.25) is 5.91 Å². The molecule has 0 aromatic carbocycles. The zero-order valence-electron chi connectivity index (χ0n) is 9.72. The molecule has 5 nitrogen and oxygen atoms in total. The monoisotopic (exact) mass is 244 g/mol. The Labute approximate surface area is 104 Å². The van der Waals surface area contributed by atoms with Gasteiger partial charge in [-0.25, -0.2) is 9.78 Å². The number of aromatic nitrogens is 1. The molecular weight excluding hydrogens is 232 g/mol. The van der Waals surface area contributed by atoms with E-state index in [-0.39, 0.29) is 11.5 Å². The Morgan fingerprint density at radius 2 is 2.33 bits per heavy atom. The van der Waals surface area contributed by atoms with Gasteiger partial charge < -0.3 is 10.0 Å². The number of hydrogen-bond acceptors (Lipinski definition) is 3. The topological polar surface area (TPSA) is 70.5 Å². The van der Waals surface area contributed by atoms with E-state index in [1.165, 1.54) is 12.3 Å². The molecule has 1 aromatic heterocycles. The van der Waals surface area contributed by atoms with Crippen LogP contribution in [0.2, 0.25) is 0 Å². The summed E-state index contributed by atoms with van der Waals surface area (Å²) in [5.74, 6) is 4.81. The molecule has 0 radical (unpaired) electrons. The summed E-state index contributed by atoms with van der Waals surface area (Å²) in [5.41, 5.74) is 0.641. The largest absolute Gasteiger partial charge is 0.478 e. The van der Waals surface area contributed by atoms with Gasteiger partial charge in [-0.2, -0.15) is 0 Å². The Hall–Kier alpha value is -2.35. The lowest BCUT2D eigenvalue weighted by Gasteiger charge is -2.09. The lowest BCUT2D eigenvalue weighted by Crippen LogP contribution is -2.24. The number of aromatic carboxylic acids is 1. The molecule has 2 heterocycles. The van der Waals surface area contributed by atoms with E-state index in [1.807, 2.05) is 0 Å². The summed E-state index contributed by atoms with van der Waals surface area (Å²) in [7, 11) is 0. The number of carbonyl (C=O) groups excluding carboxylic acids is 1. The number of carboxylic acid groups (broad SMARTS) is 1. The van der Waals surface area contributed by atoms with Crippen LogP contribution < -0.4 is 0 Å². The molecule has 1 fully saturated rings. The van der Waals surface area contributed by atoms with E-state index in [4.69, 9.17) is 5.11 Å². The molecule has 1 amide bonds. The summed E-state index contributed by atoms with van der Waals surface area (Å²) in [5, 5.41) is 8.70. The van der Waals surface area contributed by atoms with Gasteiger partial charge in [0.05, 0.1) is 12.1 Å². The third-order valence-corrected chi connectivity index (χ3v) is 2.67. The zero-order valence-corrected chi connectivity index (χ0v) is 9.72. The van der Waals surface area contributed by atoms with Crippen LogP contribution in [0, 0.1) is 11.8 Å². The number of rotatable bonds is 2. The van der Waals surface area contributed by atoms with Crippen molar-refractivity contribution in [2.45, 2.75) is 12.8 Å². The van der Waals surface area contributed by atoms with Crippen molar-refractivity contribution in [3.05, 3.63) is 29.6 Å². The second-order valence-corrected chi connectivity index (χ2v) is 3.96. The Morgan fingerprint density at radius 1 is 1.50 bits per heavy atom. The van der Waals surface area contributed by atoms with Gasteiger partial charge in [-0.15, -0.1) is 0 Å². The van der Waals surface area contributed by atoms with Crippen LogP contribution in [0.3, 0.4) is 0 Å². The van der Waals surface area contributed by atoms with Crippen LogP contribution >= 0.6 is 0 Å². The van der Waals surface area contributed by atoms with Crippen molar-refractivity contribution in [3.8, 4) is 11.8 Å². The Morgan fingerprint density at radius 3 is 2.89 bits per heavy atom. The highest BCUT2D eigenvalue weighted by Crippen LogP contribution is 2.08. The minimum Gasteiger partial charge on any atom is -0.478 e. The fraction of sp³-hybridized carbons (Fsp3) is 0.308. The van der Waals surface area contributed by atoms with Gasteiger partial charge in [0, 0.05) is 19.2 Å². The zero-order chi connectivity index (χ0) is 13.0. The summed E-state index contributed by atoms with van der Waals surface area (Å²) in [4.78, 5) is 27.6. The van der Waals surface area contributed by atoms with Crippen LogP contribution in [-0.2, 0) is 4.79 Å². The summed E-state index contributed by atoms with van der Waals surface area (Å²) >= 11 is 0. The Bertz CT molecular complexity index is 525. The van der Waals surface area contributed by atoms with Gasteiger partial charge in [-0.1, -0.05) is 5.92 Å². The first-order valence-corrected chi connectivity index (χ1v) is 5.63. The predicted molar refractivity (Wildman–Crippen MR) is 63.9 cm³/mol. The first kappa shape index (κ1) is 12.1. The molecule has 0 aliphatic carbocycles. The van der Waals surface area contributed by atoms with Gasteiger partial charge in [-0.05, 0) is 24.5 Å². The maximum absolute atomic E-state index is 11.3. The number of pyridine rings is 1. The fourth-order valence-corrected chi connectivity index (χ4v) is 1.69. The third-order valence-electron chi connectivity index (χ3n) is 2.67. The molecule has 0 bridgehead atoms. The maximum Gasteiger partial charge on any atom is 0.337 e. The molecule has 1 saturated heterocycles. The molecule has 5 heteroatoms. The molecule has 1 aromatic rings. The van der Waals surface area contributed by atoms with Gasteiger partial charge in [0.25, 0.3) is 0 Å². The minimum absolute atomic E-state index is 0.135. The summed E-state index contributed by atoms with van der Waals surface area (Å²) in [6.45, 7) is 1.17. The quantitative estimate of drug-likeness (QED) is 0.779. The van der Waals surface area contributed by atoms with E-state index in [1.54, 1.807) is 11.0 Å². The van der Waals surface area contributed by atoms with E-state index in [2.05, 4.69) is 16.8 Å². The van der Waals surface area contributed by atoms with E-state index >= 15 is 0 Å². The molecular formula is C13H12N2O3. The number of carboxylic acids is 1. The van der Waals surface area contributed by atoms with E-state index in [0.29, 0.717) is 18.7 Å². The molecule has 0 saturated carbocycles. The molecule has 92 valence electrons. The van der Waals surface area contributed by atoms with Crippen LogP contribution in [0.25, 0.3) is 0 Å². The van der Waals surface area contributed by atoms with Crippen molar-refractivity contribution < 1.29 is 14.7 Å². The highest BCUT2D eigenvalue weighted by molar-refractivity contribution is 5.87. The predicted octanol–water partition coefficient (Wildman–Crippen LogP) is 0.754. The molecule has 1 aliphatic heterocycles. The fourth-order valence-electron chi connectivity index (χ4n) is 1.69. The number of likely N-dealkylation sites (tertiary alicyclic amines) is 1. The van der Waals surface area contributed by atoms with Crippen molar-refractivity contribution in [1.82, 2.24) is 9.88 Å². The summed E-state index contributed by atoms with van der Waals surface area (Å²) in [6, 6.07) is 3.02. The van der Waals surface area contributed by atoms with Crippen molar-refractivity contribution in [2.75, 3.05) is 13.1 Å². The number of nitrogens with zero attached hydrogens (tertiary/aromatic N) is 2. The second-order valence-electron chi connectivity index (χ2n) is 3.96. The molecule has 18 heavy (non-hydrogen) atoms. The van der Waals surface area contributed by atoms with Gasteiger partial charge in [0.15, 0.2) is 0 Å². The highest BCUT2D eigenvalue weighted by atomic mass is 16.4. The summed E-state index contributed by atoms with van der Waals surface area (Å²) < 4.78 is 0. The SMILES string of the molecule is O=C(O)c1ccc(C#CCN2CCCC2=O)nc1. The standard InChI is InChI=1S/C13H12N2O3/c16-12-4-2-8-15(12)7-1-3-11-6-5-10(9-14-11)13(17)18/h5-6,9H,2,4,7-8H2,(H,17,18). The molecule has 1 N–H and O–H groups in total. The van der Waals surface area contributed by atoms with Gasteiger partial charge in [-0.3, -0.25) is 4.79 Å². The lowest BCUT2D eigenvalue weighted by molar-refractivity contribution is -0.127. The van der Waals surface area contributed by atoms with Crippen molar-refractivity contribution >= 4 is 11.9 Å². The average Bonchev–Trinajstić information content (AvgIpc) is 2.76. The Balaban J connectivity index is 1.97. The first-order valence-electron chi connectivity index (χ1n) is 5.63. The molecule has 0 unspecified atom stereocenters. The Kier molecular flexibility index (Phi) is 3.58. The average molecular weight is 244 g/mol.